The van der Waals surface area contributed by atoms with E-state index in [1.165, 1.54) is 30.9 Å². The van der Waals surface area contributed by atoms with E-state index in [9.17, 15) is 0 Å². The van der Waals surface area contributed by atoms with Gasteiger partial charge in [0.15, 0.2) is 0 Å². The van der Waals surface area contributed by atoms with E-state index < -0.39 is 0 Å². The van der Waals surface area contributed by atoms with Gasteiger partial charge in [0.2, 0.25) is 0 Å². The van der Waals surface area contributed by atoms with Crippen molar-refractivity contribution in [3.05, 3.63) is 16.1 Å². The first-order valence-electron chi connectivity index (χ1n) is 5.47. The summed E-state index contributed by atoms with van der Waals surface area (Å²) in [6.07, 6.45) is 2.66. The second-order valence-electron chi connectivity index (χ2n) is 4.26. The third-order valence-corrected chi connectivity index (χ3v) is 4.82. The summed E-state index contributed by atoms with van der Waals surface area (Å²) in [5, 5.41) is 4.57. The van der Waals surface area contributed by atoms with E-state index in [0.717, 1.165) is 23.5 Å². The van der Waals surface area contributed by atoms with Crippen molar-refractivity contribution in [2.75, 3.05) is 18.4 Å². The van der Waals surface area contributed by atoms with Crippen molar-refractivity contribution in [2.24, 2.45) is 5.92 Å². The Bertz CT molecular complexity index is 305. The topological polar surface area (TPSA) is 16.1 Å². The molecule has 4 heteroatoms. The highest BCUT2D eigenvalue weighted by Crippen LogP contribution is 2.21. The van der Waals surface area contributed by atoms with Crippen LogP contribution < -0.4 is 0 Å². The number of hydrogen-bond acceptors (Lipinski definition) is 3. The number of alkyl halides is 1. The zero-order chi connectivity index (χ0) is 10.7. The zero-order valence-electron chi connectivity index (χ0n) is 9.08. The molecule has 0 N–H and O–H groups in total. The van der Waals surface area contributed by atoms with Crippen molar-refractivity contribution in [3.63, 3.8) is 0 Å². The van der Waals surface area contributed by atoms with Gasteiger partial charge in [-0.15, -0.1) is 11.3 Å². The minimum absolute atomic E-state index is 0.888. The van der Waals surface area contributed by atoms with Gasteiger partial charge in [0.25, 0.3) is 0 Å². The molecule has 1 fully saturated rings. The summed E-state index contributed by atoms with van der Waals surface area (Å²) >= 11 is 5.36. The Balaban J connectivity index is 1.82. The lowest BCUT2D eigenvalue weighted by molar-refractivity contribution is 0.187. The highest BCUT2D eigenvalue weighted by molar-refractivity contribution is 9.09. The summed E-state index contributed by atoms with van der Waals surface area (Å²) in [4.78, 5) is 7.04. The van der Waals surface area contributed by atoms with E-state index in [4.69, 9.17) is 0 Å². The number of rotatable bonds is 3. The minimum Gasteiger partial charge on any atom is -0.297 e. The molecule has 0 radical (unpaired) electrons. The third-order valence-electron chi connectivity index (χ3n) is 2.95. The van der Waals surface area contributed by atoms with E-state index >= 15 is 0 Å². The lowest BCUT2D eigenvalue weighted by Gasteiger charge is -2.30. The molecule has 2 rings (SSSR count). The first kappa shape index (κ1) is 11.6. The van der Waals surface area contributed by atoms with Crippen LogP contribution in [0.2, 0.25) is 0 Å². The first-order chi connectivity index (χ1) is 7.28. The van der Waals surface area contributed by atoms with Crippen LogP contribution in [0, 0.1) is 12.8 Å². The smallest absolute Gasteiger partial charge is 0.107 e. The Kier molecular flexibility index (Phi) is 4.17. The molecule has 2 heterocycles. The molecule has 1 aliphatic heterocycles. The van der Waals surface area contributed by atoms with Crippen molar-refractivity contribution >= 4 is 27.3 Å². The number of piperidine rings is 1. The fraction of sp³-hybridized carbons (Fsp3) is 0.727. The fourth-order valence-electron chi connectivity index (χ4n) is 1.97. The molecule has 1 aromatic rings. The van der Waals surface area contributed by atoms with Gasteiger partial charge in [-0.2, -0.15) is 0 Å². The molecule has 1 aliphatic rings. The highest BCUT2D eigenvalue weighted by Gasteiger charge is 2.18. The summed E-state index contributed by atoms with van der Waals surface area (Å²) in [6.45, 7) is 5.58. The maximum atomic E-state index is 4.51. The second-order valence-corrected chi connectivity index (χ2v) is 5.85. The molecule has 15 heavy (non-hydrogen) atoms. The zero-order valence-corrected chi connectivity index (χ0v) is 11.5. The summed E-state index contributed by atoms with van der Waals surface area (Å²) in [7, 11) is 0. The molecule has 1 aromatic heterocycles. The van der Waals surface area contributed by atoms with Crippen LogP contribution in [0.5, 0.6) is 0 Å². The van der Waals surface area contributed by atoms with E-state index in [2.05, 4.69) is 38.1 Å². The highest BCUT2D eigenvalue weighted by atomic mass is 79.9. The minimum atomic E-state index is 0.888. The van der Waals surface area contributed by atoms with Crippen molar-refractivity contribution in [3.8, 4) is 0 Å². The van der Waals surface area contributed by atoms with E-state index in [1.807, 2.05) is 0 Å². The quantitative estimate of drug-likeness (QED) is 0.795. The largest absolute Gasteiger partial charge is 0.297 e. The van der Waals surface area contributed by atoms with Gasteiger partial charge < -0.3 is 0 Å². The summed E-state index contributed by atoms with van der Waals surface area (Å²) in [5.41, 5.74) is 1.16. The molecular formula is C11H17BrN2S. The number of hydrogen-bond donors (Lipinski definition) is 0. The molecule has 0 aromatic carbocycles. The van der Waals surface area contributed by atoms with Crippen LogP contribution in [-0.4, -0.2) is 28.3 Å². The molecule has 84 valence electrons. The number of thiazole rings is 1. The van der Waals surface area contributed by atoms with E-state index in [0.29, 0.717) is 0 Å². The molecule has 1 saturated heterocycles. The maximum absolute atomic E-state index is 4.51. The Morgan fingerprint density at radius 1 is 1.53 bits per heavy atom. The van der Waals surface area contributed by atoms with Crippen LogP contribution in [0.4, 0.5) is 0 Å². The van der Waals surface area contributed by atoms with Crippen LogP contribution in [0.25, 0.3) is 0 Å². The van der Waals surface area contributed by atoms with Gasteiger partial charge in [-0.3, -0.25) is 4.90 Å². The predicted octanol–water partition coefficient (Wildman–Crippen LogP) is 3.06. The molecular weight excluding hydrogens is 272 g/mol. The monoisotopic (exact) mass is 288 g/mol. The van der Waals surface area contributed by atoms with Crippen LogP contribution in [-0.2, 0) is 6.54 Å². The van der Waals surface area contributed by atoms with Crippen molar-refractivity contribution in [2.45, 2.75) is 26.3 Å². The van der Waals surface area contributed by atoms with Crippen molar-refractivity contribution in [1.82, 2.24) is 9.88 Å². The Labute approximate surface area is 104 Å². The van der Waals surface area contributed by atoms with Gasteiger partial charge in [-0.25, -0.2) is 4.98 Å². The first-order valence-corrected chi connectivity index (χ1v) is 7.47. The maximum Gasteiger partial charge on any atom is 0.107 e. The van der Waals surface area contributed by atoms with Crippen LogP contribution >= 0.6 is 27.3 Å². The molecule has 2 nitrogen and oxygen atoms in total. The molecule has 0 amide bonds. The van der Waals surface area contributed by atoms with Gasteiger partial charge in [0.05, 0.1) is 6.54 Å². The Hall–Kier alpha value is 0.0700. The average molecular weight is 289 g/mol. The molecule has 0 spiro atoms. The average Bonchev–Trinajstić information content (AvgIpc) is 2.65. The number of aromatic nitrogens is 1. The van der Waals surface area contributed by atoms with Crippen LogP contribution in [0.3, 0.4) is 0 Å². The number of halogens is 1. The van der Waals surface area contributed by atoms with Crippen molar-refractivity contribution in [1.29, 1.82) is 0 Å². The SMILES string of the molecule is Cc1csc(CN2CCC(CBr)CC2)n1. The number of likely N-dealkylation sites (tertiary alicyclic amines) is 1. The Morgan fingerprint density at radius 2 is 2.27 bits per heavy atom. The normalized spacial score (nSPS) is 19.6. The van der Waals surface area contributed by atoms with E-state index in [1.54, 1.807) is 11.3 Å². The summed E-state index contributed by atoms with van der Waals surface area (Å²) < 4.78 is 0. The Morgan fingerprint density at radius 3 is 2.80 bits per heavy atom. The summed E-state index contributed by atoms with van der Waals surface area (Å²) in [6, 6.07) is 0. The predicted molar refractivity (Wildman–Crippen MR) is 68.6 cm³/mol. The molecule has 0 bridgehead atoms. The third kappa shape index (κ3) is 3.26. The molecule has 0 atom stereocenters. The van der Waals surface area contributed by atoms with Gasteiger partial charge >= 0.3 is 0 Å². The lowest BCUT2D eigenvalue weighted by Crippen LogP contribution is -2.33. The lowest BCUT2D eigenvalue weighted by atomic mass is 9.99. The van der Waals surface area contributed by atoms with E-state index in [-0.39, 0.29) is 0 Å². The van der Waals surface area contributed by atoms with Gasteiger partial charge in [-0.05, 0) is 38.8 Å². The molecule has 0 aliphatic carbocycles. The molecule has 0 saturated carbocycles. The van der Waals surface area contributed by atoms with Gasteiger partial charge in [-0.1, -0.05) is 15.9 Å². The number of aryl methyl sites for hydroxylation is 1. The number of nitrogens with zero attached hydrogens (tertiary/aromatic N) is 2. The fourth-order valence-corrected chi connectivity index (χ4v) is 3.43. The second kappa shape index (κ2) is 5.41. The van der Waals surface area contributed by atoms with Crippen LogP contribution in [0.1, 0.15) is 23.5 Å². The van der Waals surface area contributed by atoms with Crippen molar-refractivity contribution < 1.29 is 0 Å². The molecule has 0 unspecified atom stereocenters. The van der Waals surface area contributed by atoms with Crippen LogP contribution in [0.15, 0.2) is 5.38 Å². The van der Waals surface area contributed by atoms with Gasteiger partial charge in [0, 0.05) is 16.4 Å². The summed E-state index contributed by atoms with van der Waals surface area (Å²) in [5.74, 6) is 0.888. The van der Waals surface area contributed by atoms with Gasteiger partial charge in [0.1, 0.15) is 5.01 Å². The standard InChI is InChI=1S/C11H17BrN2S/c1-9-8-15-11(13-9)7-14-4-2-10(6-12)3-5-14/h8,10H,2-7H2,1H3.